The second-order valence-corrected chi connectivity index (χ2v) is 8.39. The molecule has 0 amide bonds. The number of aryl methyl sites for hydroxylation is 2. The van der Waals surface area contributed by atoms with Gasteiger partial charge in [0.05, 0.1) is 11.6 Å². The van der Waals surface area contributed by atoms with Crippen molar-refractivity contribution in [3.8, 4) is 0 Å². The van der Waals surface area contributed by atoms with Crippen LogP contribution in [-0.2, 0) is 13.1 Å². The van der Waals surface area contributed by atoms with Gasteiger partial charge in [-0.25, -0.2) is 4.98 Å². The van der Waals surface area contributed by atoms with Gasteiger partial charge in [0.15, 0.2) is 0 Å². The maximum absolute atomic E-state index is 10.2. The summed E-state index contributed by atoms with van der Waals surface area (Å²) in [5.74, 6) is 1.01. The maximum Gasteiger partial charge on any atom is 0.133 e. The van der Waals surface area contributed by atoms with Crippen molar-refractivity contribution in [2.24, 2.45) is 0 Å². The van der Waals surface area contributed by atoms with Crippen molar-refractivity contribution in [1.82, 2.24) is 14.9 Å². The molecule has 29 heavy (non-hydrogen) atoms. The zero-order chi connectivity index (χ0) is 20.4. The summed E-state index contributed by atoms with van der Waals surface area (Å²) in [6.07, 6.45) is 3.48. The number of piperidine rings is 1. The third-order valence-corrected chi connectivity index (χ3v) is 5.58. The largest absolute Gasteiger partial charge is 0.391 e. The maximum atomic E-state index is 10.2. The van der Waals surface area contributed by atoms with Gasteiger partial charge in [-0.15, -0.1) is 0 Å². The zero-order valence-electron chi connectivity index (χ0n) is 17.6. The highest BCUT2D eigenvalue weighted by atomic mass is 16.3. The number of fused-ring (bicyclic) bond motifs is 1. The van der Waals surface area contributed by atoms with Crippen molar-refractivity contribution in [1.29, 1.82) is 0 Å². The molecule has 5 heteroatoms. The number of β-amino-alcohol motifs (C(OH)–C–C–N with tert-alkyl or cyclic N) is 1. The summed E-state index contributed by atoms with van der Waals surface area (Å²) >= 11 is 0. The van der Waals surface area contributed by atoms with E-state index in [1.807, 2.05) is 13.1 Å². The first-order chi connectivity index (χ1) is 14.0. The van der Waals surface area contributed by atoms with Crippen LogP contribution >= 0.6 is 0 Å². The lowest BCUT2D eigenvalue weighted by Crippen LogP contribution is -2.39. The Morgan fingerprint density at radius 1 is 1.14 bits per heavy atom. The van der Waals surface area contributed by atoms with Gasteiger partial charge in [0, 0.05) is 49.0 Å². The fourth-order valence-electron chi connectivity index (χ4n) is 4.23. The number of anilines is 1. The SMILES string of the molecule is Cc1ccc2nc(N3CCC[C@H](O)C3)c(CN(C)Cc3ccnc(C)c3)cc2c1. The van der Waals surface area contributed by atoms with Gasteiger partial charge in [-0.3, -0.25) is 9.88 Å². The number of pyridine rings is 2. The Morgan fingerprint density at radius 3 is 2.79 bits per heavy atom. The van der Waals surface area contributed by atoms with Gasteiger partial charge in [0.1, 0.15) is 5.82 Å². The average Bonchev–Trinajstić information content (AvgIpc) is 2.67. The van der Waals surface area contributed by atoms with E-state index in [0.717, 1.165) is 49.5 Å². The molecule has 3 aromatic rings. The van der Waals surface area contributed by atoms with Crippen molar-refractivity contribution in [2.75, 3.05) is 25.0 Å². The molecule has 2 aromatic heterocycles. The normalized spacial score (nSPS) is 17.3. The van der Waals surface area contributed by atoms with Gasteiger partial charge in [-0.05, 0) is 69.6 Å². The van der Waals surface area contributed by atoms with Crippen LogP contribution in [-0.4, -0.2) is 46.2 Å². The molecule has 1 fully saturated rings. The molecule has 0 radical (unpaired) electrons. The number of nitrogens with zero attached hydrogens (tertiary/aromatic N) is 4. The summed E-state index contributed by atoms with van der Waals surface area (Å²) in [6.45, 7) is 7.41. The van der Waals surface area contributed by atoms with Crippen LogP contribution in [0.25, 0.3) is 10.9 Å². The van der Waals surface area contributed by atoms with E-state index in [2.05, 4.69) is 65.2 Å². The summed E-state index contributed by atoms with van der Waals surface area (Å²) in [7, 11) is 2.14. The van der Waals surface area contributed by atoms with E-state index >= 15 is 0 Å². The number of aliphatic hydroxyl groups is 1. The highest BCUT2D eigenvalue weighted by Crippen LogP contribution is 2.28. The van der Waals surface area contributed by atoms with E-state index in [4.69, 9.17) is 4.98 Å². The number of aromatic nitrogens is 2. The van der Waals surface area contributed by atoms with E-state index in [0.29, 0.717) is 6.54 Å². The number of aliphatic hydroxyl groups excluding tert-OH is 1. The molecule has 152 valence electrons. The van der Waals surface area contributed by atoms with E-state index in [1.54, 1.807) is 0 Å². The Labute approximate surface area is 173 Å². The Balaban J connectivity index is 1.65. The van der Waals surface area contributed by atoms with Gasteiger partial charge in [-0.2, -0.15) is 0 Å². The minimum absolute atomic E-state index is 0.273. The standard InChI is InChI=1S/C24H30N4O/c1-17-6-7-23-20(11-17)13-21(24(26-23)28-10-4-5-22(29)16-28)15-27(3)14-19-8-9-25-18(2)12-19/h6-9,11-13,22,29H,4-5,10,14-16H2,1-3H3/t22-/m0/s1. The topological polar surface area (TPSA) is 52.5 Å². The van der Waals surface area contributed by atoms with Crippen LogP contribution < -0.4 is 4.90 Å². The summed E-state index contributed by atoms with van der Waals surface area (Å²) < 4.78 is 0. The molecule has 1 aromatic carbocycles. The Morgan fingerprint density at radius 2 is 2.00 bits per heavy atom. The molecular weight excluding hydrogens is 360 g/mol. The molecule has 5 nitrogen and oxygen atoms in total. The second kappa shape index (κ2) is 8.47. The van der Waals surface area contributed by atoms with Crippen LogP contribution in [0, 0.1) is 13.8 Å². The molecule has 0 bridgehead atoms. The lowest BCUT2D eigenvalue weighted by Gasteiger charge is -2.33. The summed E-state index contributed by atoms with van der Waals surface area (Å²) in [5.41, 5.74) is 5.78. The van der Waals surface area contributed by atoms with Crippen LogP contribution in [0.5, 0.6) is 0 Å². The number of benzene rings is 1. The monoisotopic (exact) mass is 390 g/mol. The van der Waals surface area contributed by atoms with E-state index in [-0.39, 0.29) is 6.10 Å². The van der Waals surface area contributed by atoms with Crippen molar-refractivity contribution in [2.45, 2.75) is 45.9 Å². The molecule has 1 aliphatic rings. The van der Waals surface area contributed by atoms with Crippen LogP contribution in [0.15, 0.2) is 42.6 Å². The molecule has 1 saturated heterocycles. The molecule has 1 N–H and O–H groups in total. The number of hydrogen-bond donors (Lipinski definition) is 1. The minimum atomic E-state index is -0.273. The molecule has 3 heterocycles. The fourth-order valence-corrected chi connectivity index (χ4v) is 4.23. The van der Waals surface area contributed by atoms with Gasteiger partial charge in [0.2, 0.25) is 0 Å². The molecule has 0 saturated carbocycles. The smallest absolute Gasteiger partial charge is 0.133 e. The molecule has 0 unspecified atom stereocenters. The Kier molecular flexibility index (Phi) is 5.79. The van der Waals surface area contributed by atoms with Gasteiger partial charge in [0.25, 0.3) is 0 Å². The average molecular weight is 391 g/mol. The fraction of sp³-hybridized carbons (Fsp3) is 0.417. The number of hydrogen-bond acceptors (Lipinski definition) is 5. The van der Waals surface area contributed by atoms with Crippen LogP contribution in [0.4, 0.5) is 5.82 Å². The summed E-state index contributed by atoms with van der Waals surface area (Å²) in [4.78, 5) is 13.9. The first-order valence-electron chi connectivity index (χ1n) is 10.4. The van der Waals surface area contributed by atoms with Crippen molar-refractivity contribution < 1.29 is 5.11 Å². The third kappa shape index (κ3) is 4.74. The van der Waals surface area contributed by atoms with Crippen molar-refractivity contribution in [3.63, 3.8) is 0 Å². The van der Waals surface area contributed by atoms with Crippen molar-refractivity contribution >= 4 is 16.7 Å². The van der Waals surface area contributed by atoms with E-state index in [1.165, 1.54) is 22.1 Å². The minimum Gasteiger partial charge on any atom is -0.391 e. The van der Waals surface area contributed by atoms with Gasteiger partial charge in [-0.1, -0.05) is 11.6 Å². The second-order valence-electron chi connectivity index (χ2n) is 8.39. The molecule has 1 aliphatic heterocycles. The predicted molar refractivity (Wildman–Crippen MR) is 118 cm³/mol. The molecule has 4 rings (SSSR count). The van der Waals surface area contributed by atoms with E-state index < -0.39 is 0 Å². The third-order valence-electron chi connectivity index (χ3n) is 5.58. The van der Waals surface area contributed by atoms with Crippen molar-refractivity contribution in [3.05, 3.63) is 65.0 Å². The predicted octanol–water partition coefficient (Wildman–Crippen LogP) is 3.84. The number of rotatable bonds is 5. The molecule has 0 aliphatic carbocycles. The highest BCUT2D eigenvalue weighted by molar-refractivity contribution is 5.82. The lowest BCUT2D eigenvalue weighted by molar-refractivity contribution is 0.153. The van der Waals surface area contributed by atoms with E-state index in [9.17, 15) is 5.11 Å². The molecule has 0 spiro atoms. The quantitative estimate of drug-likeness (QED) is 0.717. The Bertz CT molecular complexity index is 1000. The summed E-state index contributed by atoms with van der Waals surface area (Å²) in [5, 5.41) is 11.4. The van der Waals surface area contributed by atoms with Crippen LogP contribution in [0.2, 0.25) is 0 Å². The first-order valence-corrected chi connectivity index (χ1v) is 10.4. The van der Waals surface area contributed by atoms with Gasteiger partial charge < -0.3 is 10.0 Å². The highest BCUT2D eigenvalue weighted by Gasteiger charge is 2.22. The molecule has 1 atom stereocenters. The molecular formula is C24H30N4O. The first kappa shape index (κ1) is 19.8. The van der Waals surface area contributed by atoms with Gasteiger partial charge >= 0.3 is 0 Å². The Hall–Kier alpha value is -2.50. The zero-order valence-corrected chi connectivity index (χ0v) is 17.6. The lowest BCUT2D eigenvalue weighted by atomic mass is 10.1. The van der Waals surface area contributed by atoms with Crippen LogP contribution in [0.1, 0.15) is 35.2 Å². The van der Waals surface area contributed by atoms with Crippen LogP contribution in [0.3, 0.4) is 0 Å². The summed E-state index contributed by atoms with van der Waals surface area (Å²) in [6, 6.07) is 12.9.